The third-order valence-electron chi connectivity index (χ3n) is 3.78. The van der Waals surface area contributed by atoms with Crippen molar-refractivity contribution in [2.75, 3.05) is 11.9 Å². The second-order valence-electron chi connectivity index (χ2n) is 5.44. The van der Waals surface area contributed by atoms with Crippen molar-refractivity contribution in [3.05, 3.63) is 40.9 Å². The van der Waals surface area contributed by atoms with Crippen LogP contribution in [-0.4, -0.2) is 28.9 Å². The average molecular weight is 332 g/mol. The Balaban J connectivity index is 1.54. The Kier molecular flexibility index (Phi) is 5.19. The van der Waals surface area contributed by atoms with Crippen molar-refractivity contribution in [3.8, 4) is 0 Å². The molecular formula is C16H20N4O2S. The minimum Gasteiger partial charge on any atom is -0.373 e. The van der Waals surface area contributed by atoms with Gasteiger partial charge < -0.3 is 10.1 Å². The molecule has 23 heavy (non-hydrogen) atoms. The number of carbonyl (C=O) groups excluding carboxylic acids is 1. The van der Waals surface area contributed by atoms with Gasteiger partial charge in [0.15, 0.2) is 0 Å². The number of aryl methyl sites for hydroxylation is 1. The number of hydrogen-bond acceptors (Lipinski definition) is 5. The fourth-order valence-corrected chi connectivity index (χ4v) is 3.27. The van der Waals surface area contributed by atoms with Gasteiger partial charge in [0.1, 0.15) is 5.01 Å². The third-order valence-corrected chi connectivity index (χ3v) is 4.76. The molecule has 0 radical (unpaired) electrons. The van der Waals surface area contributed by atoms with Gasteiger partial charge in [0.2, 0.25) is 5.13 Å². The Labute approximate surface area is 139 Å². The molecule has 2 N–H and O–H groups in total. The first-order valence-corrected chi connectivity index (χ1v) is 8.62. The zero-order valence-corrected chi connectivity index (χ0v) is 13.8. The molecule has 1 aromatic carbocycles. The second kappa shape index (κ2) is 7.52. The molecule has 7 heteroatoms. The summed E-state index contributed by atoms with van der Waals surface area (Å²) in [6.45, 7) is 2.65. The van der Waals surface area contributed by atoms with Crippen LogP contribution < -0.4 is 10.6 Å². The first-order valence-electron chi connectivity index (χ1n) is 7.81. The monoisotopic (exact) mass is 332 g/mol. The van der Waals surface area contributed by atoms with Crippen LogP contribution in [0.5, 0.6) is 0 Å². The molecule has 1 fully saturated rings. The summed E-state index contributed by atoms with van der Waals surface area (Å²) in [4.78, 5) is 12.1. The molecule has 1 aliphatic rings. The zero-order valence-electron chi connectivity index (χ0n) is 13.0. The Bertz CT molecular complexity index is 647. The molecule has 2 amide bonds. The van der Waals surface area contributed by atoms with Crippen LogP contribution in [0.4, 0.5) is 9.93 Å². The number of anilines is 1. The Morgan fingerprint density at radius 2 is 2.17 bits per heavy atom. The van der Waals surface area contributed by atoms with Crippen LogP contribution in [0.1, 0.15) is 36.4 Å². The molecule has 122 valence electrons. The van der Waals surface area contributed by atoms with Gasteiger partial charge in [-0.2, -0.15) is 0 Å². The van der Waals surface area contributed by atoms with E-state index in [-0.39, 0.29) is 18.2 Å². The van der Waals surface area contributed by atoms with Gasteiger partial charge in [-0.05, 0) is 24.8 Å². The summed E-state index contributed by atoms with van der Waals surface area (Å²) in [5.74, 6) is 0. The lowest BCUT2D eigenvalue weighted by molar-refractivity contribution is 0.00254. The van der Waals surface area contributed by atoms with E-state index in [1.54, 1.807) is 0 Å². The summed E-state index contributed by atoms with van der Waals surface area (Å²) in [5.41, 5.74) is 1.15. The molecule has 6 nitrogen and oxygen atoms in total. The molecule has 0 aliphatic carbocycles. The van der Waals surface area contributed by atoms with Crippen LogP contribution in [0.3, 0.4) is 0 Å². The highest BCUT2D eigenvalue weighted by molar-refractivity contribution is 7.15. The van der Waals surface area contributed by atoms with Gasteiger partial charge in [-0.15, -0.1) is 10.2 Å². The van der Waals surface area contributed by atoms with Crippen molar-refractivity contribution in [2.24, 2.45) is 0 Å². The number of amides is 2. The molecule has 1 aromatic heterocycles. The van der Waals surface area contributed by atoms with Gasteiger partial charge in [0.05, 0.1) is 6.10 Å². The van der Waals surface area contributed by atoms with E-state index in [1.165, 1.54) is 11.3 Å². The fraction of sp³-hybridized carbons (Fsp3) is 0.438. The summed E-state index contributed by atoms with van der Waals surface area (Å²) in [7, 11) is 0. The number of ether oxygens (including phenoxy) is 1. The van der Waals surface area contributed by atoms with Crippen molar-refractivity contribution in [1.29, 1.82) is 0 Å². The van der Waals surface area contributed by atoms with Crippen molar-refractivity contribution in [2.45, 2.75) is 38.3 Å². The predicted octanol–water partition coefficient (Wildman–Crippen LogP) is 3.14. The normalized spacial score (nSPS) is 20.9. The smallest absolute Gasteiger partial charge is 0.321 e. The van der Waals surface area contributed by atoms with E-state index in [9.17, 15) is 4.79 Å². The number of aromatic nitrogens is 2. The molecule has 3 rings (SSSR count). The van der Waals surface area contributed by atoms with Crippen LogP contribution in [-0.2, 0) is 11.2 Å². The van der Waals surface area contributed by atoms with Crippen LogP contribution in [0.15, 0.2) is 30.3 Å². The second-order valence-corrected chi connectivity index (χ2v) is 6.51. The van der Waals surface area contributed by atoms with Gasteiger partial charge in [-0.3, -0.25) is 5.32 Å². The standard InChI is InChI=1S/C16H20N4O2S/c1-2-14-19-20-16(23-14)18-15(21)17-12-8-9-22-13(10-12)11-6-4-3-5-7-11/h3-7,12-13H,2,8-10H2,1H3,(H2,17,18,20,21)/t12-,13-/m1/s1. The zero-order chi connectivity index (χ0) is 16.1. The maximum absolute atomic E-state index is 12.1. The summed E-state index contributed by atoms with van der Waals surface area (Å²) < 4.78 is 5.82. The number of nitrogens with one attached hydrogen (secondary N) is 2. The summed E-state index contributed by atoms with van der Waals surface area (Å²) >= 11 is 1.40. The van der Waals surface area contributed by atoms with E-state index in [4.69, 9.17) is 4.74 Å². The van der Waals surface area contributed by atoms with E-state index in [0.717, 1.165) is 29.8 Å². The molecule has 2 aromatic rings. The molecule has 2 heterocycles. The lowest BCUT2D eigenvalue weighted by Gasteiger charge is -2.30. The van der Waals surface area contributed by atoms with E-state index < -0.39 is 0 Å². The number of carbonyl (C=O) groups is 1. The number of benzene rings is 1. The van der Waals surface area contributed by atoms with Gasteiger partial charge in [0.25, 0.3) is 0 Å². The molecule has 1 saturated heterocycles. The third kappa shape index (κ3) is 4.27. The molecule has 0 saturated carbocycles. The van der Waals surface area contributed by atoms with E-state index in [1.807, 2.05) is 25.1 Å². The lowest BCUT2D eigenvalue weighted by atomic mass is 9.97. The quantitative estimate of drug-likeness (QED) is 0.902. The molecule has 0 bridgehead atoms. The molecular weight excluding hydrogens is 312 g/mol. The van der Waals surface area contributed by atoms with Crippen LogP contribution in [0.25, 0.3) is 0 Å². The molecule has 0 spiro atoms. The predicted molar refractivity (Wildman–Crippen MR) is 89.6 cm³/mol. The topological polar surface area (TPSA) is 76.1 Å². The first-order chi connectivity index (χ1) is 11.2. The van der Waals surface area contributed by atoms with Gasteiger partial charge in [-0.25, -0.2) is 4.79 Å². The maximum Gasteiger partial charge on any atom is 0.321 e. The van der Waals surface area contributed by atoms with E-state index in [2.05, 4.69) is 33.0 Å². The minimum atomic E-state index is -0.234. The average Bonchev–Trinajstić information content (AvgIpc) is 3.03. The number of urea groups is 1. The lowest BCUT2D eigenvalue weighted by Crippen LogP contribution is -2.42. The van der Waals surface area contributed by atoms with Crippen molar-refractivity contribution in [3.63, 3.8) is 0 Å². The highest BCUT2D eigenvalue weighted by Gasteiger charge is 2.25. The van der Waals surface area contributed by atoms with E-state index >= 15 is 0 Å². The van der Waals surface area contributed by atoms with Crippen LogP contribution >= 0.6 is 11.3 Å². The van der Waals surface area contributed by atoms with Gasteiger partial charge in [-0.1, -0.05) is 48.6 Å². The largest absolute Gasteiger partial charge is 0.373 e. The van der Waals surface area contributed by atoms with Crippen molar-refractivity contribution >= 4 is 22.5 Å². The van der Waals surface area contributed by atoms with Gasteiger partial charge in [0, 0.05) is 12.6 Å². The van der Waals surface area contributed by atoms with Crippen LogP contribution in [0.2, 0.25) is 0 Å². The summed E-state index contributed by atoms with van der Waals surface area (Å²) in [5, 5.41) is 15.1. The van der Waals surface area contributed by atoms with Crippen molar-refractivity contribution in [1.82, 2.24) is 15.5 Å². The minimum absolute atomic E-state index is 0.0310. The number of hydrogen-bond donors (Lipinski definition) is 2. The SMILES string of the molecule is CCc1nnc(NC(=O)N[C@@H]2CCO[C@@H](c3ccccc3)C2)s1. The van der Waals surface area contributed by atoms with E-state index in [0.29, 0.717) is 11.7 Å². The Morgan fingerprint density at radius 3 is 2.91 bits per heavy atom. The number of nitrogens with zero attached hydrogens (tertiary/aromatic N) is 2. The highest BCUT2D eigenvalue weighted by atomic mass is 32.1. The first kappa shape index (κ1) is 15.9. The summed E-state index contributed by atoms with van der Waals surface area (Å²) in [6.07, 6.45) is 2.43. The fourth-order valence-electron chi connectivity index (χ4n) is 2.59. The number of rotatable bonds is 4. The van der Waals surface area contributed by atoms with Gasteiger partial charge >= 0.3 is 6.03 Å². The van der Waals surface area contributed by atoms with Crippen LogP contribution in [0, 0.1) is 0 Å². The Hall–Kier alpha value is -1.99. The summed E-state index contributed by atoms with van der Waals surface area (Å²) in [6, 6.07) is 9.96. The highest BCUT2D eigenvalue weighted by Crippen LogP contribution is 2.28. The maximum atomic E-state index is 12.1. The molecule has 2 atom stereocenters. The molecule has 1 aliphatic heterocycles. The molecule has 0 unspecified atom stereocenters. The van der Waals surface area contributed by atoms with Crippen molar-refractivity contribution < 1.29 is 9.53 Å². The Morgan fingerprint density at radius 1 is 1.35 bits per heavy atom.